The molecule has 1 heterocycles. The van der Waals surface area contributed by atoms with Gasteiger partial charge in [0.15, 0.2) is 0 Å². The lowest BCUT2D eigenvalue weighted by Crippen LogP contribution is -2.10. The van der Waals surface area contributed by atoms with E-state index in [-0.39, 0.29) is 5.41 Å². The summed E-state index contributed by atoms with van der Waals surface area (Å²) in [5, 5.41) is 2.47. The average Bonchev–Trinajstić information content (AvgIpc) is 2.88. The van der Waals surface area contributed by atoms with E-state index >= 15 is 0 Å². The Bertz CT molecular complexity index is 1030. The van der Waals surface area contributed by atoms with Crippen molar-refractivity contribution in [1.82, 2.24) is 4.57 Å². The predicted octanol–water partition coefficient (Wildman–Crippen LogP) is 5.66. The molecule has 4 rings (SSSR count). The smallest absolute Gasteiger partial charge is 0.0542 e. The topological polar surface area (TPSA) is 30.9 Å². The number of fused-ring (bicyclic) bond motifs is 3. The van der Waals surface area contributed by atoms with Crippen molar-refractivity contribution in [2.75, 3.05) is 5.73 Å². The second kappa shape index (κ2) is 5.13. The highest BCUT2D eigenvalue weighted by Gasteiger charge is 2.17. The maximum absolute atomic E-state index is 6.08. The van der Waals surface area contributed by atoms with Crippen LogP contribution >= 0.6 is 0 Å². The van der Waals surface area contributed by atoms with Crippen LogP contribution in [-0.4, -0.2) is 4.57 Å². The average molecular weight is 314 g/mol. The Morgan fingerprint density at radius 2 is 1.38 bits per heavy atom. The number of hydrogen-bond donors (Lipinski definition) is 1. The summed E-state index contributed by atoms with van der Waals surface area (Å²) in [5.41, 5.74) is 11.9. The van der Waals surface area contributed by atoms with E-state index in [0.29, 0.717) is 0 Å². The highest BCUT2D eigenvalue weighted by Crippen LogP contribution is 2.35. The molecule has 120 valence electrons. The van der Waals surface area contributed by atoms with Gasteiger partial charge < -0.3 is 10.3 Å². The second-order valence-electron chi connectivity index (χ2n) is 7.43. The van der Waals surface area contributed by atoms with Crippen LogP contribution in [0.1, 0.15) is 26.3 Å². The Balaban J connectivity index is 2.15. The van der Waals surface area contributed by atoms with Crippen molar-refractivity contribution in [2.24, 2.45) is 0 Å². The second-order valence-corrected chi connectivity index (χ2v) is 7.43. The van der Waals surface area contributed by atoms with Crippen LogP contribution in [0.25, 0.3) is 27.5 Å². The summed E-state index contributed by atoms with van der Waals surface area (Å²) in [7, 11) is 0. The number of aromatic nitrogens is 1. The highest BCUT2D eigenvalue weighted by atomic mass is 15.0. The third-order valence-corrected chi connectivity index (χ3v) is 4.67. The van der Waals surface area contributed by atoms with Gasteiger partial charge in [0.1, 0.15) is 0 Å². The number of nitrogens with two attached hydrogens (primary N) is 1. The van der Waals surface area contributed by atoms with Gasteiger partial charge in [-0.3, -0.25) is 0 Å². The van der Waals surface area contributed by atoms with Gasteiger partial charge >= 0.3 is 0 Å². The van der Waals surface area contributed by atoms with Crippen molar-refractivity contribution in [1.29, 1.82) is 0 Å². The maximum atomic E-state index is 6.08. The molecule has 0 aliphatic rings. The maximum Gasteiger partial charge on any atom is 0.0542 e. The Hall–Kier alpha value is -2.74. The molecule has 0 bridgehead atoms. The molecular weight excluding hydrogens is 292 g/mol. The SMILES string of the molecule is CC(C)(C)c1ccc2c(c1)c1cc(N)ccc1n2-c1ccccc1. The quantitative estimate of drug-likeness (QED) is 0.451. The standard InChI is InChI=1S/C22H22N2/c1-22(2,3)15-9-11-20-18(13-15)19-14-16(23)10-12-21(19)24(20)17-7-5-4-6-8-17/h4-14H,23H2,1-3H3. The molecule has 0 atom stereocenters. The summed E-state index contributed by atoms with van der Waals surface area (Å²) in [6.45, 7) is 6.75. The first kappa shape index (κ1) is 14.8. The Labute approximate surface area is 142 Å². The largest absolute Gasteiger partial charge is 0.399 e. The van der Waals surface area contributed by atoms with Gasteiger partial charge in [0.2, 0.25) is 0 Å². The molecule has 0 unspecified atom stereocenters. The van der Waals surface area contributed by atoms with E-state index in [1.165, 1.54) is 33.1 Å². The zero-order valence-electron chi connectivity index (χ0n) is 14.4. The van der Waals surface area contributed by atoms with Gasteiger partial charge in [0.05, 0.1) is 11.0 Å². The molecule has 2 N–H and O–H groups in total. The van der Waals surface area contributed by atoms with Crippen LogP contribution in [0.2, 0.25) is 0 Å². The minimum absolute atomic E-state index is 0.121. The molecule has 0 amide bonds. The Morgan fingerprint density at radius 3 is 2.04 bits per heavy atom. The zero-order chi connectivity index (χ0) is 16.9. The fraction of sp³-hybridized carbons (Fsp3) is 0.182. The third-order valence-electron chi connectivity index (χ3n) is 4.67. The highest BCUT2D eigenvalue weighted by molar-refractivity contribution is 6.10. The molecule has 3 aromatic carbocycles. The molecule has 2 nitrogen and oxygen atoms in total. The summed E-state index contributed by atoms with van der Waals surface area (Å²) in [6, 6.07) is 23.5. The Morgan fingerprint density at radius 1 is 0.750 bits per heavy atom. The first-order chi connectivity index (χ1) is 11.4. The molecule has 0 radical (unpaired) electrons. The van der Waals surface area contributed by atoms with Crippen LogP contribution < -0.4 is 5.73 Å². The van der Waals surface area contributed by atoms with Crippen molar-refractivity contribution in [3.8, 4) is 5.69 Å². The molecular formula is C22H22N2. The zero-order valence-corrected chi connectivity index (χ0v) is 14.4. The number of rotatable bonds is 1. The molecule has 0 aliphatic heterocycles. The number of nitrogen functional groups attached to an aromatic ring is 1. The minimum Gasteiger partial charge on any atom is -0.399 e. The van der Waals surface area contributed by atoms with Crippen LogP contribution in [0.4, 0.5) is 5.69 Å². The van der Waals surface area contributed by atoms with Crippen LogP contribution in [0, 0.1) is 0 Å². The van der Waals surface area contributed by atoms with E-state index in [0.717, 1.165) is 5.69 Å². The molecule has 0 fully saturated rings. The van der Waals surface area contributed by atoms with Gasteiger partial charge in [0.25, 0.3) is 0 Å². The summed E-state index contributed by atoms with van der Waals surface area (Å²) >= 11 is 0. The van der Waals surface area contributed by atoms with E-state index in [1.807, 2.05) is 12.1 Å². The predicted molar refractivity (Wildman–Crippen MR) is 104 cm³/mol. The molecule has 0 saturated heterocycles. The van der Waals surface area contributed by atoms with Crippen LogP contribution in [0.15, 0.2) is 66.7 Å². The third kappa shape index (κ3) is 2.26. The molecule has 0 spiro atoms. The van der Waals surface area contributed by atoms with Crippen molar-refractivity contribution >= 4 is 27.5 Å². The van der Waals surface area contributed by atoms with Crippen LogP contribution in [-0.2, 0) is 5.41 Å². The van der Waals surface area contributed by atoms with E-state index in [2.05, 4.69) is 79.9 Å². The molecule has 2 heteroatoms. The summed E-state index contributed by atoms with van der Waals surface area (Å²) in [6.07, 6.45) is 0. The molecule has 0 saturated carbocycles. The first-order valence-corrected chi connectivity index (χ1v) is 8.35. The lowest BCUT2D eigenvalue weighted by atomic mass is 9.86. The number of hydrogen-bond acceptors (Lipinski definition) is 1. The van der Waals surface area contributed by atoms with Crippen molar-refractivity contribution in [2.45, 2.75) is 26.2 Å². The van der Waals surface area contributed by atoms with Crippen molar-refractivity contribution < 1.29 is 0 Å². The molecule has 4 aromatic rings. The number of para-hydroxylation sites is 1. The van der Waals surface area contributed by atoms with Gasteiger partial charge in [-0.1, -0.05) is 45.0 Å². The number of nitrogens with zero attached hydrogens (tertiary/aromatic N) is 1. The summed E-state index contributed by atoms with van der Waals surface area (Å²) in [4.78, 5) is 0. The van der Waals surface area contributed by atoms with Gasteiger partial charge in [-0.15, -0.1) is 0 Å². The molecule has 0 aliphatic carbocycles. The summed E-state index contributed by atoms with van der Waals surface area (Å²) in [5.74, 6) is 0. The first-order valence-electron chi connectivity index (χ1n) is 8.35. The van der Waals surface area contributed by atoms with E-state index in [1.54, 1.807) is 0 Å². The van der Waals surface area contributed by atoms with Gasteiger partial charge in [-0.05, 0) is 53.4 Å². The van der Waals surface area contributed by atoms with Crippen molar-refractivity contribution in [3.63, 3.8) is 0 Å². The fourth-order valence-corrected chi connectivity index (χ4v) is 3.36. The monoisotopic (exact) mass is 314 g/mol. The molecule has 24 heavy (non-hydrogen) atoms. The van der Waals surface area contributed by atoms with Crippen molar-refractivity contribution in [3.05, 3.63) is 72.3 Å². The lowest BCUT2D eigenvalue weighted by Gasteiger charge is -2.19. The van der Waals surface area contributed by atoms with Crippen LogP contribution in [0.5, 0.6) is 0 Å². The minimum atomic E-state index is 0.121. The van der Waals surface area contributed by atoms with Crippen LogP contribution in [0.3, 0.4) is 0 Å². The van der Waals surface area contributed by atoms with E-state index < -0.39 is 0 Å². The van der Waals surface area contributed by atoms with Gasteiger partial charge in [-0.2, -0.15) is 0 Å². The van der Waals surface area contributed by atoms with E-state index in [9.17, 15) is 0 Å². The normalized spacial score (nSPS) is 12.1. The number of benzene rings is 3. The van der Waals surface area contributed by atoms with Gasteiger partial charge in [0, 0.05) is 22.1 Å². The molecule has 1 aromatic heterocycles. The van der Waals surface area contributed by atoms with E-state index in [4.69, 9.17) is 5.73 Å². The fourth-order valence-electron chi connectivity index (χ4n) is 3.36. The van der Waals surface area contributed by atoms with Gasteiger partial charge in [-0.25, -0.2) is 0 Å². The lowest BCUT2D eigenvalue weighted by molar-refractivity contribution is 0.591. The number of anilines is 1. The summed E-state index contributed by atoms with van der Waals surface area (Å²) < 4.78 is 2.32. The Kier molecular flexibility index (Phi) is 3.17.